The summed E-state index contributed by atoms with van der Waals surface area (Å²) >= 11 is 0. The third kappa shape index (κ3) is 1.40. The summed E-state index contributed by atoms with van der Waals surface area (Å²) in [6.07, 6.45) is 1.75. The largest absolute Gasteiger partial charge is 0.465 e. The standard InChI is InChI=1S/C13H12N2O3/c1-18-13(17)10-7-15-6-5-14-12(16)9-4-2-3-8(10)11(9)15/h2-4,7H,5-6H2,1H3,(H,14,16). The van der Waals surface area contributed by atoms with E-state index in [1.54, 1.807) is 18.3 Å². The van der Waals surface area contributed by atoms with Crippen LogP contribution in [-0.2, 0) is 11.3 Å². The van der Waals surface area contributed by atoms with Crippen LogP contribution in [0.15, 0.2) is 24.4 Å². The molecule has 2 aromatic rings. The molecule has 3 rings (SSSR count). The fourth-order valence-electron chi connectivity index (χ4n) is 2.38. The molecule has 1 N–H and O–H groups in total. The van der Waals surface area contributed by atoms with Crippen molar-refractivity contribution in [1.82, 2.24) is 9.88 Å². The maximum absolute atomic E-state index is 11.9. The summed E-state index contributed by atoms with van der Waals surface area (Å²) in [4.78, 5) is 23.6. The van der Waals surface area contributed by atoms with Gasteiger partial charge in [0.25, 0.3) is 5.91 Å². The summed E-state index contributed by atoms with van der Waals surface area (Å²) in [5.74, 6) is -0.481. The van der Waals surface area contributed by atoms with Crippen LogP contribution in [0.5, 0.6) is 0 Å². The molecule has 1 amide bonds. The first-order valence-corrected chi connectivity index (χ1v) is 5.70. The zero-order valence-electron chi connectivity index (χ0n) is 9.90. The molecule has 0 spiro atoms. The van der Waals surface area contributed by atoms with Crippen molar-refractivity contribution in [1.29, 1.82) is 0 Å². The number of methoxy groups -OCH3 is 1. The van der Waals surface area contributed by atoms with E-state index in [0.717, 1.165) is 10.9 Å². The Kier molecular flexibility index (Phi) is 2.33. The maximum Gasteiger partial charge on any atom is 0.340 e. The highest BCUT2D eigenvalue weighted by molar-refractivity contribution is 6.12. The highest BCUT2D eigenvalue weighted by Gasteiger charge is 2.22. The van der Waals surface area contributed by atoms with E-state index in [0.29, 0.717) is 24.2 Å². The fraction of sp³-hybridized carbons (Fsp3) is 0.231. The Bertz CT molecular complexity index is 658. The van der Waals surface area contributed by atoms with Crippen LogP contribution in [0.4, 0.5) is 0 Å². The first-order chi connectivity index (χ1) is 8.72. The molecule has 1 aromatic carbocycles. The van der Waals surface area contributed by atoms with Crippen LogP contribution in [0.1, 0.15) is 20.7 Å². The molecule has 0 radical (unpaired) electrons. The Morgan fingerprint density at radius 2 is 2.28 bits per heavy atom. The van der Waals surface area contributed by atoms with Gasteiger partial charge in [-0.1, -0.05) is 12.1 Å². The van der Waals surface area contributed by atoms with Crippen molar-refractivity contribution in [3.05, 3.63) is 35.5 Å². The van der Waals surface area contributed by atoms with Gasteiger partial charge in [0.2, 0.25) is 0 Å². The van der Waals surface area contributed by atoms with Crippen LogP contribution in [0.3, 0.4) is 0 Å². The average Bonchev–Trinajstić information content (AvgIpc) is 2.68. The lowest BCUT2D eigenvalue weighted by atomic mass is 10.1. The summed E-state index contributed by atoms with van der Waals surface area (Å²) in [7, 11) is 1.36. The Hall–Kier alpha value is -2.30. The third-order valence-electron chi connectivity index (χ3n) is 3.19. The summed E-state index contributed by atoms with van der Waals surface area (Å²) in [5, 5.41) is 3.58. The number of esters is 1. The molecule has 1 aliphatic rings. The first kappa shape index (κ1) is 10.8. The van der Waals surface area contributed by atoms with Crippen molar-refractivity contribution in [2.75, 3.05) is 13.7 Å². The number of benzene rings is 1. The highest BCUT2D eigenvalue weighted by atomic mass is 16.5. The van der Waals surface area contributed by atoms with Gasteiger partial charge in [-0.05, 0) is 6.07 Å². The lowest BCUT2D eigenvalue weighted by molar-refractivity contribution is 0.0602. The van der Waals surface area contributed by atoms with Gasteiger partial charge in [-0.25, -0.2) is 4.79 Å². The number of para-hydroxylation sites is 1. The molecule has 0 aliphatic carbocycles. The van der Waals surface area contributed by atoms with Crippen LogP contribution >= 0.6 is 0 Å². The van der Waals surface area contributed by atoms with Gasteiger partial charge in [-0.15, -0.1) is 0 Å². The molecular formula is C13H12N2O3. The number of carbonyl (C=O) groups is 2. The van der Waals surface area contributed by atoms with Crippen LogP contribution in [0, 0.1) is 0 Å². The molecule has 0 saturated carbocycles. The van der Waals surface area contributed by atoms with E-state index in [1.807, 2.05) is 10.6 Å². The summed E-state index contributed by atoms with van der Waals surface area (Å²) < 4.78 is 6.69. The number of aromatic nitrogens is 1. The second-order valence-electron chi connectivity index (χ2n) is 4.19. The van der Waals surface area contributed by atoms with E-state index in [1.165, 1.54) is 7.11 Å². The molecule has 0 atom stereocenters. The minimum absolute atomic E-state index is 0.103. The third-order valence-corrected chi connectivity index (χ3v) is 3.19. The van der Waals surface area contributed by atoms with Gasteiger partial charge in [0.05, 0.1) is 23.8 Å². The smallest absolute Gasteiger partial charge is 0.340 e. The van der Waals surface area contributed by atoms with E-state index in [2.05, 4.69) is 5.32 Å². The van der Waals surface area contributed by atoms with E-state index in [9.17, 15) is 9.59 Å². The molecule has 5 heteroatoms. The fourth-order valence-corrected chi connectivity index (χ4v) is 2.38. The second kappa shape index (κ2) is 3.87. The zero-order valence-corrected chi connectivity index (χ0v) is 9.90. The predicted octanol–water partition coefficient (Wildman–Crippen LogP) is 1.17. The molecule has 0 unspecified atom stereocenters. The van der Waals surface area contributed by atoms with Crippen LogP contribution in [0.2, 0.25) is 0 Å². The maximum atomic E-state index is 11.9. The number of amides is 1. The lowest BCUT2D eigenvalue weighted by Gasteiger charge is -2.01. The van der Waals surface area contributed by atoms with Crippen molar-refractivity contribution in [3.63, 3.8) is 0 Å². The summed E-state index contributed by atoms with van der Waals surface area (Å²) in [6, 6.07) is 5.38. The van der Waals surface area contributed by atoms with Crippen LogP contribution in [-0.4, -0.2) is 30.1 Å². The molecule has 1 aromatic heterocycles. The van der Waals surface area contributed by atoms with Crippen molar-refractivity contribution < 1.29 is 14.3 Å². The van der Waals surface area contributed by atoms with E-state index < -0.39 is 0 Å². The molecule has 0 bridgehead atoms. The molecule has 18 heavy (non-hydrogen) atoms. The van der Waals surface area contributed by atoms with Crippen molar-refractivity contribution in [2.45, 2.75) is 6.54 Å². The normalized spacial score (nSPS) is 14.2. The van der Waals surface area contributed by atoms with E-state index >= 15 is 0 Å². The Labute approximate surface area is 103 Å². The van der Waals surface area contributed by atoms with Gasteiger partial charge in [0.1, 0.15) is 0 Å². The number of hydrogen-bond donors (Lipinski definition) is 1. The van der Waals surface area contributed by atoms with Gasteiger partial charge < -0.3 is 14.6 Å². The summed E-state index contributed by atoms with van der Waals surface area (Å²) in [5.41, 5.74) is 1.90. The molecule has 92 valence electrons. The first-order valence-electron chi connectivity index (χ1n) is 5.70. The molecule has 2 heterocycles. The minimum Gasteiger partial charge on any atom is -0.465 e. The molecule has 5 nitrogen and oxygen atoms in total. The number of ether oxygens (including phenoxy) is 1. The summed E-state index contributed by atoms with van der Waals surface area (Å²) in [6.45, 7) is 1.20. The molecule has 0 saturated heterocycles. The van der Waals surface area contributed by atoms with E-state index in [-0.39, 0.29) is 11.9 Å². The van der Waals surface area contributed by atoms with Gasteiger partial charge in [0, 0.05) is 24.7 Å². The topological polar surface area (TPSA) is 60.3 Å². The van der Waals surface area contributed by atoms with Gasteiger partial charge in [0.15, 0.2) is 0 Å². The number of hydrogen-bond acceptors (Lipinski definition) is 3. The highest BCUT2D eigenvalue weighted by Crippen LogP contribution is 2.26. The van der Waals surface area contributed by atoms with Crippen molar-refractivity contribution in [2.24, 2.45) is 0 Å². The molecule has 0 fully saturated rings. The predicted molar refractivity (Wildman–Crippen MR) is 65.6 cm³/mol. The lowest BCUT2D eigenvalue weighted by Crippen LogP contribution is -2.24. The van der Waals surface area contributed by atoms with Gasteiger partial charge >= 0.3 is 5.97 Å². The van der Waals surface area contributed by atoms with Gasteiger partial charge in [-0.3, -0.25) is 4.79 Å². The monoisotopic (exact) mass is 244 g/mol. The minimum atomic E-state index is -0.378. The Balaban J connectivity index is 2.36. The SMILES string of the molecule is COC(=O)c1cn2c3c(cccc13)C(=O)NCC2. The number of nitrogens with one attached hydrogen (secondary N) is 1. The Morgan fingerprint density at radius 3 is 3.06 bits per heavy atom. The molecular weight excluding hydrogens is 232 g/mol. The quantitative estimate of drug-likeness (QED) is 0.766. The molecule has 1 aliphatic heterocycles. The zero-order chi connectivity index (χ0) is 12.7. The van der Waals surface area contributed by atoms with Crippen molar-refractivity contribution in [3.8, 4) is 0 Å². The number of nitrogens with zero attached hydrogens (tertiary/aromatic N) is 1. The second-order valence-corrected chi connectivity index (χ2v) is 4.19. The van der Waals surface area contributed by atoms with Crippen LogP contribution < -0.4 is 5.32 Å². The Morgan fingerprint density at radius 1 is 1.44 bits per heavy atom. The van der Waals surface area contributed by atoms with E-state index in [4.69, 9.17) is 4.74 Å². The van der Waals surface area contributed by atoms with Crippen molar-refractivity contribution >= 4 is 22.8 Å². The number of carbonyl (C=O) groups excluding carboxylic acids is 2. The average molecular weight is 244 g/mol. The van der Waals surface area contributed by atoms with Gasteiger partial charge in [-0.2, -0.15) is 0 Å². The number of rotatable bonds is 1. The van der Waals surface area contributed by atoms with Crippen LogP contribution in [0.25, 0.3) is 10.9 Å².